The van der Waals surface area contributed by atoms with Gasteiger partial charge in [0, 0.05) is 58.9 Å². The van der Waals surface area contributed by atoms with Crippen LogP contribution in [0.5, 0.6) is 0 Å². The van der Waals surface area contributed by atoms with Crippen LogP contribution >= 0.6 is 11.6 Å². The van der Waals surface area contributed by atoms with E-state index in [1.165, 1.54) is 42.3 Å². The molecule has 4 fully saturated rings. The normalized spacial score (nSPS) is 16.2. The number of ether oxygens (including phenoxy) is 2. The smallest absolute Gasteiger partial charge is 0.414 e. The number of aromatic nitrogens is 2. The molecule has 2 aromatic heterocycles. The van der Waals surface area contributed by atoms with E-state index < -0.39 is 5.43 Å². The number of aryl methyl sites for hydroxylation is 2. The number of nitriles is 2. The molecule has 1 N–H and O–H groups in total. The summed E-state index contributed by atoms with van der Waals surface area (Å²) < 4.78 is 15.3. The molecule has 0 atom stereocenters. The highest BCUT2D eigenvalue weighted by Gasteiger charge is 2.30. The molecule has 0 unspecified atom stereocenters. The topological polar surface area (TPSA) is 125 Å². The average molecular weight is 920 g/mol. The Hall–Kier alpha value is -6.23. The minimum absolute atomic E-state index is 0.0469. The molecule has 10 rings (SSSR count). The standard InChI is InChI=1S/C28H31N3O2.C22H23N3.C6H9ClO2/c1-3-30(28(32)33-23-9-4-5-10-23)21-14-12-20(13-15-21)27-25(18-29)24-16-11-19(2)17-26(24)31(27)22-7-6-8-22;1-3-24-17-10-8-16(9-11-17)22-20(14-23)19-12-7-15(2)13-21(19)25(22)18-5-4-6-18;7-6(8)9-5-3-1-2-4-5/h11-17,22-23H,3-10H2,1-2H3;7-13,18,24H,3-6H2,1-2H3;5H,1-4H2. The number of rotatable bonds is 10. The Bertz CT molecular complexity index is 2780. The number of fused-ring (bicyclic) bond motifs is 2. The fraction of sp³-hybridized carbons (Fsp3) is 0.429. The Balaban J connectivity index is 0.000000157. The number of hydrogen-bond donors (Lipinski definition) is 1. The van der Waals surface area contributed by atoms with Crippen LogP contribution in [-0.4, -0.2) is 46.0 Å². The van der Waals surface area contributed by atoms with Gasteiger partial charge in [-0.25, -0.2) is 9.59 Å². The van der Waals surface area contributed by atoms with Crippen molar-refractivity contribution in [2.45, 2.75) is 142 Å². The van der Waals surface area contributed by atoms with Crippen LogP contribution < -0.4 is 10.2 Å². The predicted octanol–water partition coefficient (Wildman–Crippen LogP) is 15.1. The van der Waals surface area contributed by atoms with Crippen molar-refractivity contribution in [1.29, 1.82) is 10.5 Å². The highest BCUT2D eigenvalue weighted by Crippen LogP contribution is 2.44. The number of anilines is 2. The van der Waals surface area contributed by atoms with Gasteiger partial charge in [0.05, 0.1) is 33.5 Å². The Morgan fingerprint density at radius 3 is 1.48 bits per heavy atom. The number of amides is 1. The molecule has 10 nitrogen and oxygen atoms in total. The second kappa shape index (κ2) is 21.6. The lowest BCUT2D eigenvalue weighted by Crippen LogP contribution is -2.33. The van der Waals surface area contributed by atoms with Gasteiger partial charge in [-0.3, -0.25) is 4.90 Å². The maximum Gasteiger partial charge on any atom is 0.414 e. The van der Waals surface area contributed by atoms with E-state index in [0.717, 1.165) is 132 Å². The largest absolute Gasteiger partial charge is 0.450 e. The van der Waals surface area contributed by atoms with Gasteiger partial charge in [0.1, 0.15) is 24.3 Å². The second-order valence-electron chi connectivity index (χ2n) is 18.6. The van der Waals surface area contributed by atoms with Crippen molar-refractivity contribution in [1.82, 2.24) is 9.13 Å². The molecule has 4 saturated carbocycles. The second-order valence-corrected chi connectivity index (χ2v) is 18.9. The zero-order chi connectivity index (χ0) is 47.0. The third-order valence-electron chi connectivity index (χ3n) is 14.1. The summed E-state index contributed by atoms with van der Waals surface area (Å²) >= 11 is 5.00. The van der Waals surface area contributed by atoms with Crippen molar-refractivity contribution >= 4 is 56.3 Å². The number of nitrogens with one attached hydrogen (secondary N) is 1. The summed E-state index contributed by atoms with van der Waals surface area (Å²) in [4.78, 5) is 24.6. The van der Waals surface area contributed by atoms with Gasteiger partial charge < -0.3 is 23.9 Å². The molecule has 0 radical (unpaired) electrons. The summed E-state index contributed by atoms with van der Waals surface area (Å²) in [5, 5.41) is 25.4. The lowest BCUT2D eigenvalue weighted by Gasteiger charge is -2.30. The summed E-state index contributed by atoms with van der Waals surface area (Å²) in [5.41, 5.74) is 11.8. The van der Waals surface area contributed by atoms with Gasteiger partial charge in [0.2, 0.25) is 0 Å². The molecule has 6 aromatic rings. The van der Waals surface area contributed by atoms with Gasteiger partial charge in [-0.1, -0.05) is 48.5 Å². The van der Waals surface area contributed by atoms with Crippen LogP contribution in [0.25, 0.3) is 44.3 Å². The van der Waals surface area contributed by atoms with E-state index in [4.69, 9.17) is 21.1 Å². The minimum Gasteiger partial charge on any atom is -0.450 e. The first-order valence-corrected chi connectivity index (χ1v) is 24.9. The first-order valence-electron chi connectivity index (χ1n) is 24.5. The molecule has 0 saturated heterocycles. The highest BCUT2D eigenvalue weighted by atomic mass is 35.5. The first kappa shape index (κ1) is 47.3. The molecule has 67 heavy (non-hydrogen) atoms. The molecule has 0 aliphatic heterocycles. The molecular weight excluding hydrogens is 856 g/mol. The highest BCUT2D eigenvalue weighted by molar-refractivity contribution is 6.61. The van der Waals surface area contributed by atoms with Gasteiger partial charge in [-0.05, 0) is 176 Å². The molecule has 4 aliphatic carbocycles. The van der Waals surface area contributed by atoms with Gasteiger partial charge in [0.25, 0.3) is 0 Å². The lowest BCUT2D eigenvalue weighted by atomic mass is 9.92. The molecule has 348 valence electrons. The Kier molecular flexibility index (Phi) is 15.2. The fourth-order valence-corrected chi connectivity index (χ4v) is 10.3. The summed E-state index contributed by atoms with van der Waals surface area (Å²) in [6, 6.07) is 35.2. The number of benzene rings is 4. The van der Waals surface area contributed by atoms with E-state index in [1.54, 1.807) is 4.90 Å². The van der Waals surface area contributed by atoms with E-state index in [2.05, 4.69) is 108 Å². The van der Waals surface area contributed by atoms with Crippen LogP contribution in [0, 0.1) is 36.5 Å². The van der Waals surface area contributed by atoms with E-state index in [1.807, 2.05) is 31.2 Å². The minimum atomic E-state index is -0.665. The Morgan fingerprint density at radius 1 is 0.642 bits per heavy atom. The van der Waals surface area contributed by atoms with E-state index >= 15 is 0 Å². The zero-order valence-corrected chi connectivity index (χ0v) is 40.2. The van der Waals surface area contributed by atoms with Crippen molar-refractivity contribution in [2.75, 3.05) is 23.3 Å². The molecule has 4 aliphatic rings. The van der Waals surface area contributed by atoms with Gasteiger partial charge >= 0.3 is 11.5 Å². The van der Waals surface area contributed by atoms with Gasteiger partial charge in [0.15, 0.2) is 0 Å². The first-order chi connectivity index (χ1) is 32.6. The number of nitrogens with zero attached hydrogens (tertiary/aromatic N) is 5. The van der Waals surface area contributed by atoms with Gasteiger partial charge in [-0.2, -0.15) is 10.5 Å². The van der Waals surface area contributed by atoms with E-state index in [-0.39, 0.29) is 18.3 Å². The molecular formula is C56H63ClN6O4. The lowest BCUT2D eigenvalue weighted by molar-refractivity contribution is 0.108. The quantitative estimate of drug-likeness (QED) is 0.136. The Labute approximate surface area is 400 Å². The predicted molar refractivity (Wildman–Crippen MR) is 270 cm³/mol. The number of carbonyl (C=O) groups is 2. The molecule has 11 heteroatoms. The van der Waals surface area contributed by atoms with Crippen molar-refractivity contribution in [2.24, 2.45) is 0 Å². The molecule has 4 aromatic carbocycles. The summed E-state index contributed by atoms with van der Waals surface area (Å²) in [7, 11) is 0. The number of carbonyl (C=O) groups excluding carboxylic acids is 2. The van der Waals surface area contributed by atoms with Gasteiger partial charge in [-0.15, -0.1) is 0 Å². The molecule has 1 amide bonds. The van der Waals surface area contributed by atoms with E-state index in [0.29, 0.717) is 18.6 Å². The SMILES string of the molecule is CCN(C(=O)OC1CCCC1)c1ccc(-c2c(C#N)c3ccc(C)cc3n2C2CCC2)cc1.CCNc1ccc(-c2c(C#N)c3ccc(C)cc3n2C2CCC2)cc1.O=C(Cl)OC1CCCC1. The van der Waals surface area contributed by atoms with Crippen LogP contribution in [0.3, 0.4) is 0 Å². The molecule has 0 spiro atoms. The van der Waals surface area contributed by atoms with Crippen LogP contribution in [0.4, 0.5) is 21.0 Å². The van der Waals surface area contributed by atoms with Crippen LogP contribution in [0.1, 0.15) is 138 Å². The van der Waals surface area contributed by atoms with Crippen LogP contribution in [0.15, 0.2) is 84.9 Å². The van der Waals surface area contributed by atoms with Crippen molar-refractivity contribution in [3.63, 3.8) is 0 Å². The van der Waals surface area contributed by atoms with Crippen molar-refractivity contribution < 1.29 is 19.1 Å². The summed E-state index contributed by atoms with van der Waals surface area (Å²) in [6.45, 7) is 9.74. The number of hydrogen-bond acceptors (Lipinski definition) is 7. The maximum absolute atomic E-state index is 12.8. The maximum atomic E-state index is 12.8. The number of halogens is 1. The van der Waals surface area contributed by atoms with Crippen molar-refractivity contribution in [3.05, 3.63) is 107 Å². The molecule has 0 bridgehead atoms. The molecule has 2 heterocycles. The van der Waals surface area contributed by atoms with Crippen LogP contribution in [0.2, 0.25) is 0 Å². The average Bonchev–Trinajstić information content (AvgIpc) is 4.11. The monoisotopic (exact) mass is 918 g/mol. The Morgan fingerprint density at radius 2 is 1.09 bits per heavy atom. The zero-order valence-electron chi connectivity index (χ0n) is 39.5. The van der Waals surface area contributed by atoms with Crippen molar-refractivity contribution in [3.8, 4) is 34.7 Å². The summed E-state index contributed by atoms with van der Waals surface area (Å²) in [5.74, 6) is 0. The van der Waals surface area contributed by atoms with E-state index in [9.17, 15) is 20.1 Å². The van der Waals surface area contributed by atoms with Crippen LogP contribution in [-0.2, 0) is 9.47 Å². The third kappa shape index (κ3) is 10.4. The fourth-order valence-electron chi connectivity index (χ4n) is 10.2. The summed E-state index contributed by atoms with van der Waals surface area (Å²) in [6.07, 6.45) is 15.6. The third-order valence-corrected chi connectivity index (χ3v) is 14.2.